The van der Waals surface area contributed by atoms with Gasteiger partial charge in [0.25, 0.3) is 5.91 Å². The first-order valence-corrected chi connectivity index (χ1v) is 8.02. The maximum absolute atomic E-state index is 12.7. The predicted molar refractivity (Wildman–Crippen MR) is 97.1 cm³/mol. The monoisotopic (exact) mass is 348 g/mol. The zero-order chi connectivity index (χ0) is 18.3. The summed E-state index contributed by atoms with van der Waals surface area (Å²) < 4.78 is 2.90. The summed E-state index contributed by atoms with van der Waals surface area (Å²) in [6.45, 7) is 2.01. The minimum Gasteiger partial charge on any atom is -0.307 e. The van der Waals surface area contributed by atoms with Gasteiger partial charge in [-0.25, -0.2) is 14.3 Å². The maximum atomic E-state index is 12.7. The molecule has 0 saturated heterocycles. The van der Waals surface area contributed by atoms with Crippen LogP contribution in [0.3, 0.4) is 0 Å². The van der Waals surface area contributed by atoms with Gasteiger partial charge in [0, 0.05) is 24.9 Å². The van der Waals surface area contributed by atoms with Crippen LogP contribution in [0.25, 0.3) is 16.9 Å². The Morgan fingerprint density at radius 3 is 2.81 bits per heavy atom. The van der Waals surface area contributed by atoms with Crippen molar-refractivity contribution in [3.63, 3.8) is 0 Å². The lowest BCUT2D eigenvalue weighted by atomic mass is 10.1. The van der Waals surface area contributed by atoms with E-state index in [2.05, 4.69) is 20.6 Å². The minimum atomic E-state index is -0.392. The maximum Gasteiger partial charge on any atom is 0.347 e. The van der Waals surface area contributed by atoms with E-state index < -0.39 is 5.69 Å². The molecule has 3 heterocycles. The van der Waals surface area contributed by atoms with Crippen molar-refractivity contribution in [3.8, 4) is 11.3 Å². The molecular formula is C18H16N6O2. The van der Waals surface area contributed by atoms with Crippen LogP contribution in [0.15, 0.2) is 53.5 Å². The molecule has 0 aliphatic carbocycles. The highest BCUT2D eigenvalue weighted by atomic mass is 16.2. The van der Waals surface area contributed by atoms with Gasteiger partial charge in [-0.2, -0.15) is 10.2 Å². The van der Waals surface area contributed by atoms with E-state index in [-0.39, 0.29) is 11.6 Å². The summed E-state index contributed by atoms with van der Waals surface area (Å²) in [5.41, 5.74) is 3.06. The molecule has 0 unspecified atom stereocenters. The Labute approximate surface area is 148 Å². The van der Waals surface area contributed by atoms with Crippen LogP contribution in [-0.2, 0) is 7.05 Å². The van der Waals surface area contributed by atoms with Gasteiger partial charge >= 0.3 is 5.69 Å². The second-order valence-electron chi connectivity index (χ2n) is 5.95. The van der Waals surface area contributed by atoms with Crippen molar-refractivity contribution in [2.75, 3.05) is 5.32 Å². The summed E-state index contributed by atoms with van der Waals surface area (Å²) >= 11 is 0. The smallest absolute Gasteiger partial charge is 0.307 e. The molecule has 2 N–H and O–H groups in total. The first kappa shape index (κ1) is 15.8. The van der Waals surface area contributed by atoms with E-state index in [9.17, 15) is 9.59 Å². The predicted octanol–water partition coefficient (Wildman–Crippen LogP) is 1.98. The molecule has 1 amide bonds. The van der Waals surface area contributed by atoms with Crippen LogP contribution in [0.4, 0.5) is 5.82 Å². The number of fused-ring (bicyclic) bond motifs is 1. The van der Waals surface area contributed by atoms with Gasteiger partial charge in [-0.3, -0.25) is 9.48 Å². The highest BCUT2D eigenvalue weighted by molar-refractivity contribution is 6.08. The molecule has 0 bridgehead atoms. The Hall–Kier alpha value is -3.68. The number of aromatic nitrogens is 5. The molecule has 4 rings (SSSR count). The molecule has 26 heavy (non-hydrogen) atoms. The van der Waals surface area contributed by atoms with Gasteiger partial charge in [0.2, 0.25) is 0 Å². The Bertz CT molecular complexity index is 1180. The Balaban J connectivity index is 1.68. The number of amides is 1. The van der Waals surface area contributed by atoms with E-state index in [1.54, 1.807) is 30.1 Å². The van der Waals surface area contributed by atoms with Crippen molar-refractivity contribution >= 4 is 17.4 Å². The largest absolute Gasteiger partial charge is 0.347 e. The number of anilines is 1. The molecule has 0 spiro atoms. The van der Waals surface area contributed by atoms with Crippen molar-refractivity contribution in [1.29, 1.82) is 0 Å². The van der Waals surface area contributed by atoms with Crippen molar-refractivity contribution in [2.45, 2.75) is 6.92 Å². The van der Waals surface area contributed by atoms with Crippen molar-refractivity contribution in [3.05, 3.63) is 70.3 Å². The molecule has 0 saturated carbocycles. The summed E-state index contributed by atoms with van der Waals surface area (Å²) in [7, 11) is 1.76. The summed E-state index contributed by atoms with van der Waals surface area (Å²) in [4.78, 5) is 24.3. The fraction of sp³-hybridized carbons (Fsp3) is 0.111. The highest BCUT2D eigenvalue weighted by Crippen LogP contribution is 2.24. The van der Waals surface area contributed by atoms with Gasteiger partial charge in [-0.05, 0) is 24.6 Å². The van der Waals surface area contributed by atoms with Gasteiger partial charge in [0.15, 0.2) is 5.65 Å². The molecule has 8 heteroatoms. The molecule has 3 aromatic heterocycles. The van der Waals surface area contributed by atoms with Crippen LogP contribution in [0.5, 0.6) is 0 Å². The first-order chi connectivity index (χ1) is 12.5. The van der Waals surface area contributed by atoms with Gasteiger partial charge in [0.05, 0.1) is 11.3 Å². The van der Waals surface area contributed by atoms with Crippen molar-refractivity contribution < 1.29 is 4.79 Å². The molecule has 0 radical (unpaired) electrons. The van der Waals surface area contributed by atoms with E-state index >= 15 is 0 Å². The third-order valence-electron chi connectivity index (χ3n) is 4.23. The molecule has 130 valence electrons. The highest BCUT2D eigenvalue weighted by Gasteiger charge is 2.16. The number of aryl methyl sites for hydroxylation is 2. The third kappa shape index (κ3) is 2.57. The topological polar surface area (TPSA) is 97.1 Å². The normalized spacial score (nSPS) is 11.0. The Kier molecular flexibility index (Phi) is 3.65. The lowest BCUT2D eigenvalue weighted by Crippen LogP contribution is -2.17. The lowest BCUT2D eigenvalue weighted by Gasteiger charge is -2.05. The van der Waals surface area contributed by atoms with Crippen LogP contribution >= 0.6 is 0 Å². The Morgan fingerprint density at radius 1 is 1.19 bits per heavy atom. The zero-order valence-corrected chi connectivity index (χ0v) is 14.2. The van der Waals surface area contributed by atoms with Crippen molar-refractivity contribution in [1.82, 2.24) is 24.4 Å². The number of carbonyl (C=O) groups excluding carboxylic acids is 1. The van der Waals surface area contributed by atoms with Crippen molar-refractivity contribution in [2.24, 2.45) is 7.05 Å². The van der Waals surface area contributed by atoms with Crippen LogP contribution in [0, 0.1) is 6.92 Å². The zero-order valence-electron chi connectivity index (χ0n) is 14.2. The number of hydrogen-bond acceptors (Lipinski definition) is 4. The fourth-order valence-corrected chi connectivity index (χ4v) is 2.87. The van der Waals surface area contributed by atoms with Crippen LogP contribution < -0.4 is 11.0 Å². The molecule has 8 nitrogen and oxygen atoms in total. The van der Waals surface area contributed by atoms with E-state index in [1.807, 2.05) is 37.3 Å². The van der Waals surface area contributed by atoms with Gasteiger partial charge < -0.3 is 5.32 Å². The number of pyridine rings is 1. The van der Waals surface area contributed by atoms with E-state index in [0.29, 0.717) is 11.4 Å². The number of carbonyl (C=O) groups is 1. The number of nitrogens with one attached hydrogen (secondary N) is 2. The molecule has 0 fully saturated rings. The average molecular weight is 348 g/mol. The molecule has 4 aromatic rings. The summed E-state index contributed by atoms with van der Waals surface area (Å²) in [6.07, 6.45) is 1.55. The number of nitrogens with zero attached hydrogens (tertiary/aromatic N) is 4. The third-order valence-corrected chi connectivity index (χ3v) is 4.23. The number of H-pyrrole nitrogens is 1. The molecule has 1 aromatic carbocycles. The Morgan fingerprint density at radius 2 is 2.00 bits per heavy atom. The lowest BCUT2D eigenvalue weighted by molar-refractivity contribution is 0.102. The van der Waals surface area contributed by atoms with E-state index in [0.717, 1.165) is 16.8 Å². The first-order valence-electron chi connectivity index (χ1n) is 8.02. The van der Waals surface area contributed by atoms with Gasteiger partial charge in [-0.1, -0.05) is 24.3 Å². The minimum absolute atomic E-state index is 0.274. The molecule has 0 atom stereocenters. The molecule has 0 aliphatic heterocycles. The fourth-order valence-electron chi connectivity index (χ4n) is 2.87. The van der Waals surface area contributed by atoms with Gasteiger partial charge in [-0.15, -0.1) is 0 Å². The summed E-state index contributed by atoms with van der Waals surface area (Å²) in [6, 6.07) is 13.0. The number of rotatable bonds is 3. The van der Waals surface area contributed by atoms with Gasteiger partial charge in [0.1, 0.15) is 5.82 Å². The van der Waals surface area contributed by atoms with Crippen LogP contribution in [-0.4, -0.2) is 30.3 Å². The van der Waals surface area contributed by atoms with E-state index in [1.165, 1.54) is 4.40 Å². The second kappa shape index (κ2) is 5.99. The second-order valence-corrected chi connectivity index (χ2v) is 5.95. The molecular weight excluding hydrogens is 332 g/mol. The summed E-state index contributed by atoms with van der Waals surface area (Å²) in [5.74, 6) is 0.182. The number of hydrogen-bond donors (Lipinski definition) is 2. The number of benzene rings is 1. The van der Waals surface area contributed by atoms with Crippen LogP contribution in [0.1, 0.15) is 15.9 Å². The summed E-state index contributed by atoms with van der Waals surface area (Å²) in [5, 5.41) is 13.6. The SMILES string of the molecule is Cc1ccccc1-c1cc(NC(=O)c2cccn3c(=O)[nH]nc23)n(C)n1. The van der Waals surface area contributed by atoms with Crippen LogP contribution in [0.2, 0.25) is 0 Å². The standard InChI is InChI=1S/C18H16N6O2/c1-11-6-3-4-7-12(11)14-10-15(23(2)22-14)19-17(25)13-8-5-9-24-16(13)20-21-18(24)26/h3-10H,1-2H3,(H,19,25)(H,21,26). The van der Waals surface area contributed by atoms with E-state index in [4.69, 9.17) is 0 Å². The average Bonchev–Trinajstić information content (AvgIpc) is 3.19. The number of aromatic amines is 1. The quantitative estimate of drug-likeness (QED) is 0.592. The molecule has 0 aliphatic rings.